The molecule has 0 unspecified atom stereocenters. The molecule has 0 bridgehead atoms. The van der Waals surface area contributed by atoms with Crippen molar-refractivity contribution in [3.63, 3.8) is 0 Å². The third-order valence-electron chi connectivity index (χ3n) is 3.95. The molecule has 1 aliphatic rings. The lowest BCUT2D eigenvalue weighted by atomic mass is 9.87. The number of carbonyl (C=O) groups excluding carboxylic acids is 1. The van der Waals surface area contributed by atoms with Gasteiger partial charge in [0.25, 0.3) is 5.91 Å². The summed E-state index contributed by atoms with van der Waals surface area (Å²) in [6.07, 6.45) is 4.53. The fourth-order valence-corrected chi connectivity index (χ4v) is 3.00. The second-order valence-electron chi connectivity index (χ2n) is 5.49. The van der Waals surface area contributed by atoms with Crippen LogP contribution in [0.25, 0.3) is 0 Å². The zero-order chi connectivity index (χ0) is 14.6. The summed E-state index contributed by atoms with van der Waals surface area (Å²) in [5, 5.41) is 12.5. The van der Waals surface area contributed by atoms with Crippen molar-refractivity contribution >= 4 is 17.5 Å². The quantitative estimate of drug-likeness (QED) is 0.878. The predicted molar refractivity (Wildman–Crippen MR) is 78.2 cm³/mol. The Morgan fingerprint density at radius 3 is 2.75 bits per heavy atom. The van der Waals surface area contributed by atoms with Gasteiger partial charge >= 0.3 is 0 Å². The van der Waals surface area contributed by atoms with Crippen molar-refractivity contribution in [1.29, 1.82) is 0 Å². The van der Waals surface area contributed by atoms with E-state index in [0.717, 1.165) is 12.8 Å². The maximum absolute atomic E-state index is 12.1. The van der Waals surface area contributed by atoms with E-state index < -0.39 is 0 Å². The maximum atomic E-state index is 12.1. The molecule has 0 spiro atoms. The molecule has 0 atom stereocenters. The van der Waals surface area contributed by atoms with E-state index in [4.69, 9.17) is 16.3 Å². The number of carbonyl (C=O) groups is 1. The average molecular weight is 298 g/mol. The van der Waals surface area contributed by atoms with Crippen molar-refractivity contribution in [3.05, 3.63) is 28.8 Å². The van der Waals surface area contributed by atoms with Gasteiger partial charge in [-0.2, -0.15) is 0 Å². The van der Waals surface area contributed by atoms with Crippen molar-refractivity contribution in [2.45, 2.75) is 25.7 Å². The normalized spacial score (nSPS) is 17.1. The van der Waals surface area contributed by atoms with Crippen LogP contribution in [0, 0.1) is 5.41 Å². The minimum Gasteiger partial charge on any atom is -0.506 e. The standard InChI is InChI=1S/C15H20ClNO3/c1-20-10-15(6-2-3-7-15)9-17-14(19)11-4-5-13(18)12(16)8-11/h4-5,8,18H,2-3,6-7,9-10H2,1H3,(H,17,19). The molecule has 1 fully saturated rings. The SMILES string of the molecule is COCC1(CNC(=O)c2ccc(O)c(Cl)c2)CCCC1. The Morgan fingerprint density at radius 1 is 1.45 bits per heavy atom. The van der Waals surface area contributed by atoms with Crippen molar-refractivity contribution in [2.75, 3.05) is 20.3 Å². The summed E-state index contributed by atoms with van der Waals surface area (Å²) < 4.78 is 5.30. The number of phenolic OH excluding ortho intramolecular Hbond substituents is 1. The van der Waals surface area contributed by atoms with Crippen LogP contribution in [0.1, 0.15) is 36.0 Å². The Balaban J connectivity index is 1.98. The molecule has 0 aliphatic heterocycles. The summed E-state index contributed by atoms with van der Waals surface area (Å²) in [4.78, 5) is 12.1. The molecule has 2 N–H and O–H groups in total. The topological polar surface area (TPSA) is 58.6 Å². The minimum absolute atomic E-state index is 0.0186. The molecule has 1 saturated carbocycles. The Kier molecular flexibility index (Phi) is 4.89. The molecule has 0 aromatic heterocycles. The lowest BCUT2D eigenvalue weighted by Crippen LogP contribution is -2.38. The van der Waals surface area contributed by atoms with Gasteiger partial charge in [-0.15, -0.1) is 0 Å². The van der Waals surface area contributed by atoms with Gasteiger partial charge in [-0.3, -0.25) is 4.79 Å². The number of phenols is 1. The smallest absolute Gasteiger partial charge is 0.251 e. The van der Waals surface area contributed by atoms with Gasteiger partial charge in [-0.05, 0) is 31.0 Å². The largest absolute Gasteiger partial charge is 0.506 e. The number of ether oxygens (including phenoxy) is 1. The van der Waals surface area contributed by atoms with Crippen molar-refractivity contribution in [3.8, 4) is 5.75 Å². The number of hydrogen-bond acceptors (Lipinski definition) is 3. The molecule has 1 aromatic carbocycles. The monoisotopic (exact) mass is 297 g/mol. The predicted octanol–water partition coefficient (Wildman–Crippen LogP) is 2.98. The highest BCUT2D eigenvalue weighted by Crippen LogP contribution is 2.37. The van der Waals surface area contributed by atoms with Gasteiger partial charge in [0.15, 0.2) is 0 Å². The zero-order valence-electron chi connectivity index (χ0n) is 11.6. The van der Waals surface area contributed by atoms with Gasteiger partial charge in [0.05, 0.1) is 11.6 Å². The number of aromatic hydroxyl groups is 1. The first-order valence-electron chi connectivity index (χ1n) is 6.82. The summed E-state index contributed by atoms with van der Waals surface area (Å²) in [5.41, 5.74) is 0.517. The van der Waals surface area contributed by atoms with Gasteiger partial charge in [-0.25, -0.2) is 0 Å². The van der Waals surface area contributed by atoms with E-state index >= 15 is 0 Å². The molecule has 20 heavy (non-hydrogen) atoms. The van der Waals surface area contributed by atoms with Crippen LogP contribution in [0.4, 0.5) is 0 Å². The number of halogens is 1. The molecular weight excluding hydrogens is 278 g/mol. The van der Waals surface area contributed by atoms with Crippen LogP contribution < -0.4 is 5.32 Å². The number of methoxy groups -OCH3 is 1. The van der Waals surface area contributed by atoms with Crippen LogP contribution in [-0.4, -0.2) is 31.3 Å². The van der Waals surface area contributed by atoms with Gasteiger partial charge in [-0.1, -0.05) is 24.4 Å². The van der Waals surface area contributed by atoms with E-state index in [-0.39, 0.29) is 22.1 Å². The fourth-order valence-electron chi connectivity index (χ4n) is 2.82. The Morgan fingerprint density at radius 2 is 2.15 bits per heavy atom. The summed E-state index contributed by atoms with van der Waals surface area (Å²) in [5.74, 6) is -0.191. The molecule has 1 aliphatic carbocycles. The average Bonchev–Trinajstić information content (AvgIpc) is 2.89. The highest BCUT2D eigenvalue weighted by atomic mass is 35.5. The fraction of sp³-hybridized carbons (Fsp3) is 0.533. The van der Waals surface area contributed by atoms with Crippen LogP contribution in [0.3, 0.4) is 0 Å². The first-order valence-corrected chi connectivity index (χ1v) is 7.20. The molecule has 110 valence electrons. The third-order valence-corrected chi connectivity index (χ3v) is 4.25. The van der Waals surface area contributed by atoms with Crippen LogP contribution in [0.2, 0.25) is 5.02 Å². The van der Waals surface area contributed by atoms with Crippen LogP contribution in [0.5, 0.6) is 5.75 Å². The van der Waals surface area contributed by atoms with Crippen molar-refractivity contribution < 1.29 is 14.6 Å². The van der Waals surface area contributed by atoms with Gasteiger partial charge in [0.1, 0.15) is 5.75 Å². The molecule has 4 nitrogen and oxygen atoms in total. The van der Waals surface area contributed by atoms with E-state index in [0.29, 0.717) is 18.7 Å². The summed E-state index contributed by atoms with van der Waals surface area (Å²) in [6, 6.07) is 4.47. The molecule has 2 rings (SSSR count). The Labute approximate surface area is 124 Å². The lowest BCUT2D eigenvalue weighted by Gasteiger charge is -2.28. The van der Waals surface area contributed by atoms with E-state index in [2.05, 4.69) is 5.32 Å². The van der Waals surface area contributed by atoms with Crippen LogP contribution in [0.15, 0.2) is 18.2 Å². The second kappa shape index (κ2) is 6.46. The first-order chi connectivity index (χ1) is 9.56. The highest BCUT2D eigenvalue weighted by molar-refractivity contribution is 6.32. The minimum atomic E-state index is -0.172. The molecule has 1 aromatic rings. The van der Waals surface area contributed by atoms with E-state index in [9.17, 15) is 9.90 Å². The molecular formula is C15H20ClNO3. The molecule has 1 amide bonds. The number of amides is 1. The summed E-state index contributed by atoms with van der Waals surface area (Å²) in [6.45, 7) is 1.28. The number of benzene rings is 1. The summed E-state index contributed by atoms with van der Waals surface area (Å²) >= 11 is 5.81. The van der Waals surface area contributed by atoms with Crippen LogP contribution in [-0.2, 0) is 4.74 Å². The highest BCUT2D eigenvalue weighted by Gasteiger charge is 2.34. The first kappa shape index (κ1) is 15.1. The van der Waals surface area contributed by atoms with E-state index in [1.165, 1.54) is 25.0 Å². The molecule has 0 saturated heterocycles. The number of hydrogen-bond donors (Lipinski definition) is 2. The van der Waals surface area contributed by atoms with Crippen molar-refractivity contribution in [2.24, 2.45) is 5.41 Å². The summed E-state index contributed by atoms with van der Waals surface area (Å²) in [7, 11) is 1.70. The molecule has 0 heterocycles. The number of rotatable bonds is 5. The molecule has 0 radical (unpaired) electrons. The van der Waals surface area contributed by atoms with E-state index in [1.807, 2.05) is 0 Å². The third kappa shape index (κ3) is 3.44. The van der Waals surface area contributed by atoms with Gasteiger partial charge < -0.3 is 15.2 Å². The van der Waals surface area contributed by atoms with Gasteiger partial charge in [0.2, 0.25) is 0 Å². The zero-order valence-corrected chi connectivity index (χ0v) is 12.4. The van der Waals surface area contributed by atoms with Crippen molar-refractivity contribution in [1.82, 2.24) is 5.32 Å². The Bertz CT molecular complexity index is 484. The lowest BCUT2D eigenvalue weighted by molar-refractivity contribution is 0.0740. The number of nitrogens with one attached hydrogen (secondary N) is 1. The van der Waals surface area contributed by atoms with Gasteiger partial charge in [0, 0.05) is 24.6 Å². The van der Waals surface area contributed by atoms with Crippen LogP contribution >= 0.6 is 11.6 Å². The second-order valence-corrected chi connectivity index (χ2v) is 5.90. The maximum Gasteiger partial charge on any atom is 0.251 e. The van der Waals surface area contributed by atoms with E-state index in [1.54, 1.807) is 13.2 Å². The Hall–Kier alpha value is -1.26. The molecule has 5 heteroatoms.